The SMILES string of the molecule is COc1ccc(C(=O)N2CCN(C)CC2)cc1Nc1ncc(Cl)c(Nc2ccccc2S(=O)(=O)N(C)C)n1. The molecule has 38 heavy (non-hydrogen) atoms. The van der Waals surface area contributed by atoms with Crippen LogP contribution in [0.3, 0.4) is 0 Å². The van der Waals surface area contributed by atoms with Crippen LogP contribution in [-0.2, 0) is 10.0 Å². The number of nitrogens with zero attached hydrogens (tertiary/aromatic N) is 5. The van der Waals surface area contributed by atoms with Gasteiger partial charge in [-0.2, -0.15) is 4.98 Å². The van der Waals surface area contributed by atoms with Crippen LogP contribution in [0.4, 0.5) is 23.1 Å². The van der Waals surface area contributed by atoms with Crippen molar-refractivity contribution in [2.45, 2.75) is 4.90 Å². The van der Waals surface area contributed by atoms with E-state index in [0.29, 0.717) is 35.8 Å². The Morgan fingerprint density at radius 1 is 1.05 bits per heavy atom. The topological polar surface area (TPSA) is 120 Å². The Bertz CT molecular complexity index is 1430. The summed E-state index contributed by atoms with van der Waals surface area (Å²) in [7, 11) is 2.76. The van der Waals surface area contributed by atoms with Gasteiger partial charge in [-0.25, -0.2) is 17.7 Å². The number of para-hydroxylation sites is 1. The van der Waals surface area contributed by atoms with Gasteiger partial charge in [0.05, 0.1) is 24.7 Å². The summed E-state index contributed by atoms with van der Waals surface area (Å²) in [6, 6.07) is 11.6. The number of sulfonamides is 1. The first-order valence-corrected chi connectivity index (χ1v) is 13.7. The van der Waals surface area contributed by atoms with E-state index in [1.54, 1.807) is 36.4 Å². The smallest absolute Gasteiger partial charge is 0.254 e. The third-order valence-corrected chi connectivity index (χ3v) is 8.28. The Hall–Kier alpha value is -3.45. The zero-order chi connectivity index (χ0) is 27.4. The molecular formula is C25H30ClN7O4S. The van der Waals surface area contributed by atoms with Gasteiger partial charge < -0.3 is 25.2 Å². The minimum Gasteiger partial charge on any atom is -0.495 e. The number of piperazine rings is 1. The zero-order valence-electron chi connectivity index (χ0n) is 21.6. The van der Waals surface area contributed by atoms with E-state index in [1.165, 1.54) is 33.5 Å². The number of benzene rings is 2. The van der Waals surface area contributed by atoms with Crippen molar-refractivity contribution in [3.05, 3.63) is 59.2 Å². The maximum absolute atomic E-state index is 13.1. The quantitative estimate of drug-likeness (QED) is 0.428. The number of halogens is 1. The van der Waals surface area contributed by atoms with E-state index < -0.39 is 10.0 Å². The number of hydrogen-bond acceptors (Lipinski definition) is 9. The number of methoxy groups -OCH3 is 1. The summed E-state index contributed by atoms with van der Waals surface area (Å²) >= 11 is 6.35. The van der Waals surface area contributed by atoms with Crippen molar-refractivity contribution in [3.63, 3.8) is 0 Å². The fourth-order valence-electron chi connectivity index (χ4n) is 3.89. The molecule has 1 aliphatic rings. The molecule has 1 aliphatic heterocycles. The van der Waals surface area contributed by atoms with Crippen molar-refractivity contribution in [2.24, 2.45) is 0 Å². The maximum atomic E-state index is 13.1. The molecule has 2 aromatic carbocycles. The molecule has 4 rings (SSSR count). The molecule has 11 nitrogen and oxygen atoms in total. The molecule has 1 fully saturated rings. The van der Waals surface area contributed by atoms with Crippen molar-refractivity contribution < 1.29 is 17.9 Å². The van der Waals surface area contributed by atoms with E-state index in [1.807, 2.05) is 11.9 Å². The lowest BCUT2D eigenvalue weighted by Crippen LogP contribution is -2.47. The average molecular weight is 560 g/mol. The van der Waals surface area contributed by atoms with Gasteiger partial charge in [0.15, 0.2) is 5.82 Å². The molecule has 0 radical (unpaired) electrons. The van der Waals surface area contributed by atoms with Gasteiger partial charge in [0.2, 0.25) is 16.0 Å². The van der Waals surface area contributed by atoms with E-state index >= 15 is 0 Å². The molecule has 1 saturated heterocycles. The molecule has 0 aliphatic carbocycles. The second-order valence-corrected chi connectivity index (χ2v) is 11.5. The highest BCUT2D eigenvalue weighted by atomic mass is 35.5. The molecule has 1 amide bonds. The second-order valence-electron chi connectivity index (χ2n) is 8.93. The summed E-state index contributed by atoms with van der Waals surface area (Å²) in [4.78, 5) is 25.9. The van der Waals surface area contributed by atoms with Crippen molar-refractivity contribution in [3.8, 4) is 5.75 Å². The van der Waals surface area contributed by atoms with Crippen molar-refractivity contribution in [1.82, 2.24) is 24.1 Å². The minimum absolute atomic E-state index is 0.0677. The highest BCUT2D eigenvalue weighted by molar-refractivity contribution is 7.89. The summed E-state index contributed by atoms with van der Waals surface area (Å²) in [6.45, 7) is 2.95. The lowest BCUT2D eigenvalue weighted by molar-refractivity contribution is 0.0664. The summed E-state index contributed by atoms with van der Waals surface area (Å²) < 4.78 is 32.2. The van der Waals surface area contributed by atoms with Gasteiger partial charge in [-0.1, -0.05) is 23.7 Å². The van der Waals surface area contributed by atoms with Gasteiger partial charge in [-0.3, -0.25) is 4.79 Å². The molecule has 0 unspecified atom stereocenters. The van der Waals surface area contributed by atoms with Crippen molar-refractivity contribution >= 4 is 50.7 Å². The fourth-order valence-corrected chi connectivity index (χ4v) is 5.06. The first kappa shape index (κ1) is 27.6. The number of aromatic nitrogens is 2. The van der Waals surface area contributed by atoms with Gasteiger partial charge in [-0.05, 0) is 37.4 Å². The van der Waals surface area contributed by atoms with Crippen LogP contribution in [-0.4, -0.2) is 92.8 Å². The maximum Gasteiger partial charge on any atom is 0.254 e. The standard InChI is InChI=1S/C25H30ClN7O4S/c1-31(2)38(35,36)22-8-6-5-7-19(22)28-23-18(26)16-27-25(30-23)29-20-15-17(9-10-21(20)37-4)24(34)33-13-11-32(3)12-14-33/h5-10,15-16H,11-14H2,1-4H3,(H2,27,28,29,30). The zero-order valence-corrected chi connectivity index (χ0v) is 23.2. The van der Waals surface area contributed by atoms with Crippen LogP contribution in [0.1, 0.15) is 10.4 Å². The van der Waals surface area contributed by atoms with E-state index in [-0.39, 0.29) is 27.6 Å². The Balaban J connectivity index is 1.61. The molecule has 0 atom stereocenters. The lowest BCUT2D eigenvalue weighted by atomic mass is 10.1. The number of likely N-dealkylation sites (N-methyl/N-ethyl adjacent to an activating group) is 1. The highest BCUT2D eigenvalue weighted by Gasteiger charge is 2.23. The monoisotopic (exact) mass is 559 g/mol. The summed E-state index contributed by atoms with van der Waals surface area (Å²) in [6.07, 6.45) is 1.40. The number of nitrogens with one attached hydrogen (secondary N) is 2. The molecule has 0 spiro atoms. The van der Waals surface area contributed by atoms with Crippen molar-refractivity contribution in [1.29, 1.82) is 0 Å². The summed E-state index contributed by atoms with van der Waals surface area (Å²) in [5.41, 5.74) is 1.31. The van der Waals surface area contributed by atoms with Gasteiger partial charge in [0, 0.05) is 45.8 Å². The Morgan fingerprint density at radius 2 is 1.76 bits per heavy atom. The van der Waals surface area contributed by atoms with E-state index in [9.17, 15) is 13.2 Å². The predicted octanol–water partition coefficient (Wildman–Crippen LogP) is 3.26. The van der Waals surface area contributed by atoms with E-state index in [4.69, 9.17) is 16.3 Å². The molecule has 1 aromatic heterocycles. The van der Waals surface area contributed by atoms with Crippen LogP contribution >= 0.6 is 11.6 Å². The van der Waals surface area contributed by atoms with Crippen molar-refractivity contribution in [2.75, 3.05) is 65.1 Å². The van der Waals surface area contributed by atoms with Crippen LogP contribution in [0.25, 0.3) is 0 Å². The minimum atomic E-state index is -3.72. The molecule has 13 heteroatoms. The normalized spacial score (nSPS) is 14.4. The third kappa shape index (κ3) is 5.99. The first-order valence-electron chi connectivity index (χ1n) is 11.8. The van der Waals surface area contributed by atoms with Crippen LogP contribution in [0, 0.1) is 0 Å². The lowest BCUT2D eigenvalue weighted by Gasteiger charge is -2.32. The predicted molar refractivity (Wildman–Crippen MR) is 147 cm³/mol. The highest BCUT2D eigenvalue weighted by Crippen LogP contribution is 2.32. The Labute approximate surface area is 227 Å². The average Bonchev–Trinajstić information content (AvgIpc) is 2.90. The van der Waals surface area contributed by atoms with Gasteiger partial charge in [-0.15, -0.1) is 0 Å². The van der Waals surface area contributed by atoms with Gasteiger partial charge in [0.1, 0.15) is 15.7 Å². The van der Waals surface area contributed by atoms with Crippen LogP contribution in [0.15, 0.2) is 53.6 Å². The number of carbonyl (C=O) groups excluding carboxylic acids is 1. The number of carbonyl (C=O) groups is 1. The number of rotatable bonds is 8. The first-order chi connectivity index (χ1) is 18.1. The number of hydrogen-bond donors (Lipinski definition) is 2. The number of ether oxygens (including phenoxy) is 1. The second kappa shape index (κ2) is 11.5. The molecule has 2 N–H and O–H groups in total. The largest absolute Gasteiger partial charge is 0.495 e. The van der Waals surface area contributed by atoms with Crippen LogP contribution in [0.5, 0.6) is 5.75 Å². The van der Waals surface area contributed by atoms with Crippen LogP contribution in [0.2, 0.25) is 5.02 Å². The number of amides is 1. The molecule has 0 bridgehead atoms. The summed E-state index contributed by atoms with van der Waals surface area (Å²) in [5.74, 6) is 0.804. The number of anilines is 4. The van der Waals surface area contributed by atoms with Gasteiger partial charge in [0.25, 0.3) is 5.91 Å². The van der Waals surface area contributed by atoms with Crippen LogP contribution < -0.4 is 15.4 Å². The van der Waals surface area contributed by atoms with Gasteiger partial charge >= 0.3 is 0 Å². The molecule has 202 valence electrons. The Kier molecular flexibility index (Phi) is 8.36. The fraction of sp³-hybridized carbons (Fsp3) is 0.320. The Morgan fingerprint density at radius 3 is 2.45 bits per heavy atom. The summed E-state index contributed by atoms with van der Waals surface area (Å²) in [5, 5.41) is 6.29. The third-order valence-electron chi connectivity index (χ3n) is 6.13. The molecule has 0 saturated carbocycles. The molecule has 3 aromatic rings. The van der Waals surface area contributed by atoms with E-state index in [2.05, 4.69) is 25.5 Å². The molecular weight excluding hydrogens is 530 g/mol. The molecule has 2 heterocycles. The van der Waals surface area contributed by atoms with E-state index in [0.717, 1.165) is 17.4 Å².